The largest absolute Gasteiger partial charge is 0.466 e. The smallest absolute Gasteiger partial charge is 0.436 e. The number of ether oxygens (including phenoxy) is 1. The molecule has 7 nitrogen and oxygen atoms in total. The molecule has 2 rings (SSSR count). The maximum atomic E-state index is 13.0. The molecule has 2 aromatic rings. The lowest BCUT2D eigenvalue weighted by Gasteiger charge is -2.13. The number of carbonyl (C=O) groups is 2. The van der Waals surface area contributed by atoms with Gasteiger partial charge in [-0.15, -0.1) is 11.3 Å². The van der Waals surface area contributed by atoms with Gasteiger partial charge in [0.2, 0.25) is 0 Å². The van der Waals surface area contributed by atoms with Gasteiger partial charge in [-0.25, -0.2) is 4.98 Å². The molecule has 0 aliphatic rings. The van der Waals surface area contributed by atoms with Crippen LogP contribution >= 0.6 is 27.3 Å². The van der Waals surface area contributed by atoms with Gasteiger partial charge in [0.1, 0.15) is 6.04 Å². The zero-order valence-corrected chi connectivity index (χ0v) is 17.0. The first-order valence-electron chi connectivity index (χ1n) is 7.77. The minimum absolute atomic E-state index is 0.0318. The number of hydrogen-bond donors (Lipinski definition) is 1. The number of alkyl halides is 3. The number of nitrogens with zero attached hydrogens (tertiary/aromatic N) is 3. The number of aromatic nitrogens is 3. The van der Waals surface area contributed by atoms with Gasteiger partial charge < -0.3 is 10.1 Å². The first kappa shape index (κ1) is 21.4. The maximum Gasteiger partial charge on any atom is 0.436 e. The molecule has 0 fully saturated rings. The molecule has 1 unspecified atom stereocenters. The van der Waals surface area contributed by atoms with Crippen molar-refractivity contribution in [3.05, 3.63) is 26.9 Å². The Morgan fingerprint density at radius 2 is 2.11 bits per heavy atom. The summed E-state index contributed by atoms with van der Waals surface area (Å²) in [5.74, 6) is -1.02. The first-order valence-corrected chi connectivity index (χ1v) is 9.44. The van der Waals surface area contributed by atoms with Gasteiger partial charge in [0.25, 0.3) is 5.91 Å². The van der Waals surface area contributed by atoms with Gasteiger partial charge in [-0.2, -0.15) is 18.3 Å². The van der Waals surface area contributed by atoms with Crippen molar-refractivity contribution in [2.45, 2.75) is 39.4 Å². The molecular weight excluding hydrogens is 453 g/mol. The van der Waals surface area contributed by atoms with Crippen molar-refractivity contribution >= 4 is 44.3 Å². The standard InChI is InChI=1S/C15H16BrF3N4O3S/c1-4-26-10(24)5-9-6-27-14(20-9)21-13(25)8(3)23-7(2)11(16)12(22-23)15(17,18)19/h6,8H,4-5H2,1-3H3,(H,20,21,25). The molecule has 27 heavy (non-hydrogen) atoms. The topological polar surface area (TPSA) is 86.1 Å². The summed E-state index contributed by atoms with van der Waals surface area (Å²) < 4.78 is 44.5. The maximum absolute atomic E-state index is 13.0. The number of rotatable bonds is 6. The highest BCUT2D eigenvalue weighted by Gasteiger charge is 2.39. The molecule has 2 aromatic heterocycles. The molecule has 0 spiro atoms. The summed E-state index contributed by atoms with van der Waals surface area (Å²) >= 11 is 3.97. The molecule has 2 heterocycles. The summed E-state index contributed by atoms with van der Waals surface area (Å²) in [7, 11) is 0. The molecule has 0 saturated carbocycles. The van der Waals surface area contributed by atoms with E-state index >= 15 is 0 Å². The predicted octanol–water partition coefficient (Wildman–Crippen LogP) is 3.73. The van der Waals surface area contributed by atoms with Crippen molar-refractivity contribution < 1.29 is 27.5 Å². The van der Waals surface area contributed by atoms with Crippen LogP contribution in [-0.4, -0.2) is 33.2 Å². The Labute approximate surface area is 165 Å². The van der Waals surface area contributed by atoms with Crippen LogP contribution in [0.4, 0.5) is 18.3 Å². The normalized spacial score (nSPS) is 12.7. The lowest BCUT2D eigenvalue weighted by atomic mass is 10.3. The molecule has 0 aliphatic heterocycles. The van der Waals surface area contributed by atoms with Crippen molar-refractivity contribution in [2.24, 2.45) is 0 Å². The zero-order valence-electron chi connectivity index (χ0n) is 14.6. The van der Waals surface area contributed by atoms with Gasteiger partial charge in [-0.05, 0) is 36.7 Å². The summed E-state index contributed by atoms with van der Waals surface area (Å²) in [6, 6.07) is -1.00. The molecule has 1 N–H and O–H groups in total. The molecule has 0 radical (unpaired) electrons. The number of halogens is 4. The van der Waals surface area contributed by atoms with Gasteiger partial charge in [0.15, 0.2) is 10.8 Å². The minimum Gasteiger partial charge on any atom is -0.466 e. The van der Waals surface area contributed by atoms with E-state index in [4.69, 9.17) is 4.74 Å². The third kappa shape index (κ3) is 5.06. The van der Waals surface area contributed by atoms with E-state index in [1.807, 2.05) is 0 Å². The van der Waals surface area contributed by atoms with Crippen LogP contribution in [0, 0.1) is 6.92 Å². The molecule has 0 saturated heterocycles. The number of nitrogens with one attached hydrogen (secondary N) is 1. The molecule has 148 valence electrons. The Bertz CT molecular complexity index is 850. The number of amides is 1. The fraction of sp³-hybridized carbons (Fsp3) is 0.467. The Morgan fingerprint density at radius 3 is 2.67 bits per heavy atom. The molecule has 0 aliphatic carbocycles. The number of esters is 1. The Kier molecular flexibility index (Phi) is 6.63. The Hall–Kier alpha value is -1.95. The van der Waals surface area contributed by atoms with Gasteiger partial charge in [0.05, 0.1) is 28.9 Å². The van der Waals surface area contributed by atoms with Gasteiger partial charge >= 0.3 is 12.1 Å². The van der Waals surface area contributed by atoms with Crippen LogP contribution < -0.4 is 5.32 Å². The van der Waals surface area contributed by atoms with E-state index in [-0.39, 0.29) is 28.3 Å². The van der Waals surface area contributed by atoms with E-state index in [0.717, 1.165) is 16.0 Å². The quantitative estimate of drug-likeness (QED) is 0.652. The van der Waals surface area contributed by atoms with Crippen LogP contribution in [0.3, 0.4) is 0 Å². The Morgan fingerprint density at radius 1 is 1.44 bits per heavy atom. The van der Waals surface area contributed by atoms with Gasteiger partial charge in [-0.3, -0.25) is 14.3 Å². The number of thiazole rings is 1. The van der Waals surface area contributed by atoms with Crippen LogP contribution in [0.5, 0.6) is 0 Å². The fourth-order valence-corrected chi connectivity index (χ4v) is 3.38. The summed E-state index contributed by atoms with van der Waals surface area (Å²) in [4.78, 5) is 27.9. The second-order valence-corrected chi connectivity index (χ2v) is 7.13. The third-order valence-electron chi connectivity index (χ3n) is 3.50. The second-order valence-electron chi connectivity index (χ2n) is 5.48. The van der Waals surface area contributed by atoms with Crippen molar-refractivity contribution in [3.8, 4) is 0 Å². The molecule has 1 atom stereocenters. The average molecular weight is 469 g/mol. The van der Waals surface area contributed by atoms with Crippen molar-refractivity contribution in [3.63, 3.8) is 0 Å². The summed E-state index contributed by atoms with van der Waals surface area (Å²) in [5.41, 5.74) is -0.489. The van der Waals surface area contributed by atoms with Crippen LogP contribution in [-0.2, 0) is 26.9 Å². The molecule has 1 amide bonds. The lowest BCUT2D eigenvalue weighted by molar-refractivity contribution is -0.143. The highest BCUT2D eigenvalue weighted by atomic mass is 79.9. The summed E-state index contributed by atoms with van der Waals surface area (Å²) in [5, 5.41) is 7.85. The summed E-state index contributed by atoms with van der Waals surface area (Å²) in [6.07, 6.45) is -4.67. The predicted molar refractivity (Wildman–Crippen MR) is 95.5 cm³/mol. The number of anilines is 1. The van der Waals surface area contributed by atoms with E-state index < -0.39 is 29.8 Å². The molecule has 0 aromatic carbocycles. The zero-order chi connectivity index (χ0) is 20.4. The summed E-state index contributed by atoms with van der Waals surface area (Å²) in [6.45, 7) is 4.79. The van der Waals surface area contributed by atoms with Crippen LogP contribution in [0.1, 0.15) is 37.0 Å². The van der Waals surface area contributed by atoms with Crippen molar-refractivity contribution in [1.82, 2.24) is 14.8 Å². The van der Waals surface area contributed by atoms with E-state index in [1.54, 1.807) is 12.3 Å². The Balaban J connectivity index is 2.11. The van der Waals surface area contributed by atoms with Gasteiger partial charge in [0, 0.05) is 5.38 Å². The first-order chi connectivity index (χ1) is 12.5. The van der Waals surface area contributed by atoms with E-state index in [9.17, 15) is 22.8 Å². The van der Waals surface area contributed by atoms with E-state index in [2.05, 4.69) is 31.3 Å². The van der Waals surface area contributed by atoms with Gasteiger partial charge in [-0.1, -0.05) is 0 Å². The fourth-order valence-electron chi connectivity index (χ4n) is 2.18. The molecule has 12 heteroatoms. The minimum atomic E-state index is -4.64. The molecule has 0 bridgehead atoms. The average Bonchev–Trinajstić information content (AvgIpc) is 3.11. The SMILES string of the molecule is CCOC(=O)Cc1csc(NC(=O)C(C)n2nc(C(F)(F)F)c(Br)c2C)n1. The monoisotopic (exact) mass is 468 g/mol. The van der Waals surface area contributed by atoms with E-state index in [1.165, 1.54) is 13.8 Å². The number of hydrogen-bond acceptors (Lipinski definition) is 6. The van der Waals surface area contributed by atoms with Crippen molar-refractivity contribution in [2.75, 3.05) is 11.9 Å². The lowest BCUT2D eigenvalue weighted by Crippen LogP contribution is -2.25. The third-order valence-corrected chi connectivity index (χ3v) is 5.26. The van der Waals surface area contributed by atoms with Crippen LogP contribution in [0.15, 0.2) is 9.85 Å². The van der Waals surface area contributed by atoms with E-state index in [0.29, 0.717) is 5.69 Å². The van der Waals surface area contributed by atoms with Crippen LogP contribution in [0.2, 0.25) is 0 Å². The highest BCUT2D eigenvalue weighted by molar-refractivity contribution is 9.10. The number of carbonyl (C=O) groups excluding carboxylic acids is 2. The highest BCUT2D eigenvalue weighted by Crippen LogP contribution is 2.36. The van der Waals surface area contributed by atoms with Crippen LogP contribution in [0.25, 0.3) is 0 Å². The van der Waals surface area contributed by atoms with Crippen molar-refractivity contribution in [1.29, 1.82) is 0 Å². The molecular formula is C15H16BrF3N4O3S. The second kappa shape index (κ2) is 8.38.